The van der Waals surface area contributed by atoms with Crippen molar-refractivity contribution < 1.29 is 18.0 Å². The first-order valence-corrected chi connectivity index (χ1v) is 14.7. The van der Waals surface area contributed by atoms with Gasteiger partial charge in [-0.25, -0.2) is 8.42 Å². The smallest absolute Gasteiger partial charge is 0.264 e. The van der Waals surface area contributed by atoms with Crippen LogP contribution in [0.5, 0.6) is 0 Å². The number of hydrogen-bond acceptors (Lipinski definition) is 4. The molecule has 3 aromatic rings. The number of para-hydroxylation sites is 1. The number of benzene rings is 3. The summed E-state index contributed by atoms with van der Waals surface area (Å²) in [5, 5.41) is 2.95. The van der Waals surface area contributed by atoms with Crippen LogP contribution in [0.2, 0.25) is 0 Å². The van der Waals surface area contributed by atoms with Gasteiger partial charge in [-0.3, -0.25) is 13.9 Å². The molecule has 208 valence electrons. The van der Waals surface area contributed by atoms with Crippen LogP contribution in [0.1, 0.15) is 43.9 Å². The van der Waals surface area contributed by atoms with E-state index in [1.807, 2.05) is 58.9 Å². The molecular formula is C31H39N3O4S. The highest BCUT2D eigenvalue weighted by atomic mass is 32.2. The largest absolute Gasteiger partial charge is 0.354 e. The molecule has 0 heterocycles. The molecule has 0 aliphatic rings. The lowest BCUT2D eigenvalue weighted by Gasteiger charge is -2.33. The minimum absolute atomic E-state index is 0.0940. The Kier molecular flexibility index (Phi) is 10.3. The summed E-state index contributed by atoms with van der Waals surface area (Å²) in [6.07, 6.45) is 0.386. The fourth-order valence-electron chi connectivity index (χ4n) is 4.19. The van der Waals surface area contributed by atoms with Crippen molar-refractivity contribution >= 4 is 27.5 Å². The Labute approximate surface area is 232 Å². The first-order chi connectivity index (χ1) is 18.5. The van der Waals surface area contributed by atoms with E-state index in [2.05, 4.69) is 5.32 Å². The Morgan fingerprint density at radius 3 is 1.95 bits per heavy atom. The van der Waals surface area contributed by atoms with Crippen molar-refractivity contribution in [3.63, 3.8) is 0 Å². The predicted molar refractivity (Wildman–Crippen MR) is 156 cm³/mol. The molecular weight excluding hydrogens is 510 g/mol. The van der Waals surface area contributed by atoms with Gasteiger partial charge in [0.05, 0.1) is 10.6 Å². The molecule has 0 spiro atoms. The molecule has 0 aliphatic heterocycles. The minimum atomic E-state index is -4.07. The summed E-state index contributed by atoms with van der Waals surface area (Å²) >= 11 is 0. The zero-order valence-electron chi connectivity index (χ0n) is 23.4. The van der Waals surface area contributed by atoms with Gasteiger partial charge >= 0.3 is 0 Å². The van der Waals surface area contributed by atoms with Crippen LogP contribution in [0.15, 0.2) is 83.8 Å². The maximum Gasteiger partial charge on any atom is 0.264 e. The normalized spacial score (nSPS) is 12.2. The molecule has 1 unspecified atom stereocenters. The van der Waals surface area contributed by atoms with Crippen molar-refractivity contribution in [2.45, 2.75) is 58.5 Å². The summed E-state index contributed by atoms with van der Waals surface area (Å²) in [7, 11) is -4.07. The zero-order valence-corrected chi connectivity index (χ0v) is 24.2. The lowest BCUT2D eigenvalue weighted by atomic mass is 10.1. The van der Waals surface area contributed by atoms with E-state index >= 15 is 0 Å². The predicted octanol–water partition coefficient (Wildman–Crippen LogP) is 5.08. The Balaban J connectivity index is 2.01. The van der Waals surface area contributed by atoms with Crippen LogP contribution in [0.3, 0.4) is 0 Å². The number of nitrogens with one attached hydrogen (secondary N) is 1. The molecule has 39 heavy (non-hydrogen) atoms. The molecule has 8 heteroatoms. The van der Waals surface area contributed by atoms with Gasteiger partial charge in [0.15, 0.2) is 0 Å². The summed E-state index contributed by atoms with van der Waals surface area (Å²) in [5.74, 6) is -0.457. The number of aryl methyl sites for hydroxylation is 2. The SMILES string of the molecule is CCC(C(=O)NCC(C)C)N(Cc1ccc(C)cc1)C(=O)CN(c1ccccc1)S(=O)(=O)c1ccc(C)cc1. The van der Waals surface area contributed by atoms with Gasteiger partial charge in [0, 0.05) is 13.1 Å². The monoisotopic (exact) mass is 549 g/mol. The average molecular weight is 550 g/mol. The van der Waals surface area contributed by atoms with E-state index < -0.39 is 28.5 Å². The van der Waals surface area contributed by atoms with Gasteiger partial charge in [0.1, 0.15) is 12.6 Å². The van der Waals surface area contributed by atoms with Crippen LogP contribution in [0.25, 0.3) is 0 Å². The number of nitrogens with zero attached hydrogens (tertiary/aromatic N) is 2. The first kappa shape index (κ1) is 29.9. The van der Waals surface area contributed by atoms with Crippen molar-refractivity contribution in [1.29, 1.82) is 0 Å². The Morgan fingerprint density at radius 1 is 0.846 bits per heavy atom. The molecule has 0 saturated carbocycles. The molecule has 0 radical (unpaired) electrons. The maximum absolute atomic E-state index is 14.0. The number of sulfonamides is 1. The van der Waals surface area contributed by atoms with E-state index in [-0.39, 0.29) is 23.3 Å². The van der Waals surface area contributed by atoms with Gasteiger partial charge in [-0.15, -0.1) is 0 Å². The first-order valence-electron chi connectivity index (χ1n) is 13.3. The van der Waals surface area contributed by atoms with E-state index in [0.29, 0.717) is 18.7 Å². The van der Waals surface area contributed by atoms with Gasteiger partial charge < -0.3 is 10.2 Å². The van der Waals surface area contributed by atoms with Crippen molar-refractivity contribution in [3.05, 3.63) is 95.6 Å². The third-order valence-electron chi connectivity index (χ3n) is 6.48. The second-order valence-corrected chi connectivity index (χ2v) is 12.1. The van der Waals surface area contributed by atoms with Gasteiger partial charge in [0.25, 0.3) is 10.0 Å². The molecule has 3 aromatic carbocycles. The van der Waals surface area contributed by atoms with Gasteiger partial charge in [-0.05, 0) is 56.0 Å². The fraction of sp³-hybridized carbons (Fsp3) is 0.355. The second-order valence-electron chi connectivity index (χ2n) is 10.2. The van der Waals surface area contributed by atoms with Crippen molar-refractivity contribution in [2.24, 2.45) is 5.92 Å². The average Bonchev–Trinajstić information content (AvgIpc) is 2.92. The summed E-state index contributed by atoms with van der Waals surface area (Å²) in [6, 6.07) is 22.1. The number of amides is 2. The highest BCUT2D eigenvalue weighted by molar-refractivity contribution is 7.92. The summed E-state index contributed by atoms with van der Waals surface area (Å²) in [4.78, 5) is 28.8. The van der Waals surface area contributed by atoms with Crippen LogP contribution in [0.4, 0.5) is 5.69 Å². The zero-order chi connectivity index (χ0) is 28.6. The highest BCUT2D eigenvalue weighted by Gasteiger charge is 2.33. The second kappa shape index (κ2) is 13.4. The number of carbonyl (C=O) groups excluding carboxylic acids is 2. The molecule has 1 N–H and O–H groups in total. The molecule has 2 amide bonds. The molecule has 1 atom stereocenters. The number of rotatable bonds is 12. The fourth-order valence-corrected chi connectivity index (χ4v) is 5.61. The summed E-state index contributed by atoms with van der Waals surface area (Å²) < 4.78 is 28.8. The van der Waals surface area contributed by atoms with Crippen molar-refractivity contribution in [1.82, 2.24) is 10.2 Å². The Bertz CT molecular complexity index is 1340. The molecule has 0 bridgehead atoms. The molecule has 0 aromatic heterocycles. The van der Waals surface area contributed by atoms with E-state index in [1.54, 1.807) is 54.6 Å². The van der Waals surface area contributed by atoms with Crippen LogP contribution in [0, 0.1) is 19.8 Å². The number of anilines is 1. The molecule has 0 fully saturated rings. The van der Waals surface area contributed by atoms with E-state index in [9.17, 15) is 18.0 Å². The molecule has 3 rings (SSSR count). The van der Waals surface area contributed by atoms with Crippen LogP contribution in [-0.2, 0) is 26.2 Å². The Hall–Kier alpha value is -3.65. The van der Waals surface area contributed by atoms with Gasteiger partial charge in [-0.1, -0.05) is 86.5 Å². The van der Waals surface area contributed by atoms with E-state index in [4.69, 9.17) is 0 Å². The highest BCUT2D eigenvalue weighted by Crippen LogP contribution is 2.25. The number of carbonyl (C=O) groups is 2. The van der Waals surface area contributed by atoms with Crippen molar-refractivity contribution in [2.75, 3.05) is 17.4 Å². The van der Waals surface area contributed by atoms with Gasteiger partial charge in [0.2, 0.25) is 11.8 Å². The lowest BCUT2D eigenvalue weighted by molar-refractivity contribution is -0.140. The Morgan fingerprint density at radius 2 is 1.41 bits per heavy atom. The maximum atomic E-state index is 14.0. The van der Waals surface area contributed by atoms with Crippen LogP contribution in [-0.4, -0.2) is 44.3 Å². The van der Waals surface area contributed by atoms with E-state index in [0.717, 1.165) is 21.0 Å². The van der Waals surface area contributed by atoms with Crippen molar-refractivity contribution in [3.8, 4) is 0 Å². The van der Waals surface area contributed by atoms with Crippen LogP contribution < -0.4 is 9.62 Å². The van der Waals surface area contributed by atoms with Crippen LogP contribution >= 0.6 is 0 Å². The summed E-state index contributed by atoms with van der Waals surface area (Å²) in [6.45, 7) is 9.95. The van der Waals surface area contributed by atoms with E-state index in [1.165, 1.54) is 4.90 Å². The number of hydrogen-bond donors (Lipinski definition) is 1. The third kappa shape index (κ3) is 7.93. The quantitative estimate of drug-likeness (QED) is 0.341. The molecule has 7 nitrogen and oxygen atoms in total. The molecule has 0 aliphatic carbocycles. The lowest BCUT2D eigenvalue weighted by Crippen LogP contribution is -2.52. The standard InChI is InChI=1S/C31H39N3O4S/c1-6-29(31(36)32-20-23(2)3)33(21-26-16-12-24(4)13-17-26)30(35)22-34(27-10-8-7-9-11-27)39(37,38)28-18-14-25(5)15-19-28/h7-19,23,29H,6,20-22H2,1-5H3,(H,32,36). The minimum Gasteiger partial charge on any atom is -0.354 e. The third-order valence-corrected chi connectivity index (χ3v) is 8.26. The molecule has 0 saturated heterocycles. The topological polar surface area (TPSA) is 86.8 Å². The van der Waals surface area contributed by atoms with Gasteiger partial charge in [-0.2, -0.15) is 0 Å². The summed E-state index contributed by atoms with van der Waals surface area (Å²) in [5.41, 5.74) is 3.24.